The van der Waals surface area contributed by atoms with E-state index in [4.69, 9.17) is 61.7 Å². The highest BCUT2D eigenvalue weighted by Crippen LogP contribution is 2.44. The van der Waals surface area contributed by atoms with E-state index >= 15 is 0 Å². The molecular weight excluding hydrogens is 1140 g/mol. The molecule has 0 bridgehead atoms. The van der Waals surface area contributed by atoms with E-state index in [9.17, 15) is 4.79 Å². The molecule has 8 aromatic carbocycles. The zero-order valence-corrected chi connectivity index (χ0v) is 50.6. The normalized spacial score (nSPS) is 26.4. The van der Waals surface area contributed by atoms with E-state index in [2.05, 4.69) is 0 Å². The van der Waals surface area contributed by atoms with Crippen LogP contribution < -0.4 is 0 Å². The van der Waals surface area contributed by atoms with Crippen LogP contribution in [0.1, 0.15) is 57.9 Å². The molecule has 2 unspecified atom stereocenters. The van der Waals surface area contributed by atoms with Gasteiger partial charge in [-0.25, -0.2) is 4.79 Å². The lowest BCUT2D eigenvalue weighted by Crippen LogP contribution is -2.66. The molecule has 3 aliphatic heterocycles. The van der Waals surface area contributed by atoms with Gasteiger partial charge < -0.3 is 56.8 Å². The maximum atomic E-state index is 14.1. The van der Waals surface area contributed by atoms with Crippen LogP contribution in [-0.4, -0.2) is 104 Å². The summed E-state index contributed by atoms with van der Waals surface area (Å²) in [4.78, 5) is 20.3. The largest absolute Gasteiger partial charge is 0.443 e. The lowest BCUT2D eigenvalue weighted by molar-refractivity contribution is -0.380. The van der Waals surface area contributed by atoms with Crippen molar-refractivity contribution in [1.29, 1.82) is 0 Å². The third-order valence-corrected chi connectivity index (χ3v) is 16.9. The van der Waals surface area contributed by atoms with E-state index in [1.54, 1.807) is 0 Å². The molecule has 12 rings (SSSR count). The fraction of sp³-hybridized carbons (Fsp3) is 0.347. The number of ether oxygens (including phenoxy) is 12. The van der Waals surface area contributed by atoms with Crippen molar-refractivity contribution in [2.45, 2.75) is 146 Å². The van der Waals surface area contributed by atoms with Gasteiger partial charge in [-0.2, -0.15) is 5.06 Å². The van der Waals surface area contributed by atoms with Crippen LogP contribution in [0.4, 0.5) is 4.79 Å². The second kappa shape index (κ2) is 32.0. The number of rotatable bonds is 28. The topological polar surface area (TPSA) is 140 Å². The number of amides is 1. The number of carbonyl (C=O) groups excluding carboxylic acids is 1. The first kappa shape index (κ1) is 62.7. The Morgan fingerprint density at radius 2 is 0.733 bits per heavy atom. The van der Waals surface area contributed by atoms with Crippen molar-refractivity contribution in [2.75, 3.05) is 13.2 Å². The summed E-state index contributed by atoms with van der Waals surface area (Å²) in [5, 5.41) is 1.35. The highest BCUT2D eigenvalue weighted by Gasteiger charge is 2.58. The van der Waals surface area contributed by atoms with E-state index < -0.39 is 85.8 Å². The molecule has 15 nitrogen and oxygen atoms in total. The first-order chi connectivity index (χ1) is 44.5. The van der Waals surface area contributed by atoms with Crippen molar-refractivity contribution >= 4 is 6.09 Å². The molecule has 1 saturated carbocycles. The average Bonchev–Trinajstić information content (AvgIpc) is 1.50. The molecule has 0 aromatic heterocycles. The molecule has 4 aliphatic rings. The molecule has 3 heterocycles. The number of nitrogens with zero attached hydrogens (tertiary/aromatic N) is 1. The maximum Gasteiger partial charge on any atom is 0.434 e. The van der Waals surface area contributed by atoms with Crippen LogP contribution in [0.5, 0.6) is 0 Å². The van der Waals surface area contributed by atoms with Gasteiger partial charge in [-0.1, -0.05) is 243 Å². The summed E-state index contributed by atoms with van der Waals surface area (Å²) in [7, 11) is 0. The Morgan fingerprint density at radius 3 is 1.17 bits per heavy atom. The predicted octanol–water partition coefficient (Wildman–Crippen LogP) is 12.9. The van der Waals surface area contributed by atoms with Gasteiger partial charge in [-0.05, 0) is 57.9 Å². The van der Waals surface area contributed by atoms with Crippen molar-refractivity contribution in [2.24, 2.45) is 5.92 Å². The SMILES string of the molecule is C[C@H]1O[C@@H](O[C@H]2[C@H](OCc3ccccc3)[C@@H](OCc3ccccc3)C(O[C@H]3C(OCc4ccccc4)C[C@H]4[C@@H]3CON4C(=O)OCc3ccccc3)O[C@@H]2COCc2ccccc2)[C@H](OCc2ccccc2)[C@@H](OCc2ccccc2)[C@@H]1OCc1ccccc1. The Bertz CT molecular complexity index is 3350. The number of hydrogen-bond donors (Lipinski definition) is 0. The van der Waals surface area contributed by atoms with Gasteiger partial charge >= 0.3 is 6.09 Å². The van der Waals surface area contributed by atoms with Crippen molar-refractivity contribution in [1.82, 2.24) is 5.06 Å². The highest BCUT2D eigenvalue weighted by molar-refractivity contribution is 5.67. The van der Waals surface area contributed by atoms with Gasteiger partial charge in [0.25, 0.3) is 0 Å². The van der Waals surface area contributed by atoms with Crippen molar-refractivity contribution in [3.05, 3.63) is 287 Å². The molecule has 8 aromatic rings. The minimum Gasteiger partial charge on any atom is -0.443 e. The Kier molecular flexibility index (Phi) is 22.3. The summed E-state index contributed by atoms with van der Waals surface area (Å²) >= 11 is 0. The summed E-state index contributed by atoms with van der Waals surface area (Å²) in [6.07, 6.45) is -10.3. The first-order valence-electron chi connectivity index (χ1n) is 31.3. The smallest absolute Gasteiger partial charge is 0.434 e. The molecule has 15 heteroatoms. The molecule has 4 fully saturated rings. The Labute approximate surface area is 527 Å². The minimum atomic E-state index is -1.14. The molecule has 1 aliphatic carbocycles. The number of hydroxylamine groups is 2. The molecule has 3 saturated heterocycles. The maximum absolute atomic E-state index is 14.1. The van der Waals surface area contributed by atoms with Gasteiger partial charge in [0.1, 0.15) is 49.3 Å². The van der Waals surface area contributed by atoms with Crippen LogP contribution >= 0.6 is 0 Å². The third kappa shape index (κ3) is 16.7. The molecule has 14 atom stereocenters. The van der Waals surface area contributed by atoms with E-state index in [-0.39, 0.29) is 58.8 Å². The van der Waals surface area contributed by atoms with Gasteiger partial charge in [0.15, 0.2) is 12.6 Å². The van der Waals surface area contributed by atoms with Crippen molar-refractivity contribution in [3.8, 4) is 0 Å². The van der Waals surface area contributed by atoms with Crippen LogP contribution in [0.3, 0.4) is 0 Å². The van der Waals surface area contributed by atoms with Gasteiger partial charge in [-0.15, -0.1) is 0 Å². The number of carbonyl (C=O) groups is 1. The number of benzene rings is 8. The van der Waals surface area contributed by atoms with Crippen LogP contribution in [0.2, 0.25) is 0 Å². The lowest BCUT2D eigenvalue weighted by Gasteiger charge is -2.50. The average molecular weight is 1220 g/mol. The highest BCUT2D eigenvalue weighted by atomic mass is 16.8. The van der Waals surface area contributed by atoms with Gasteiger partial charge in [0.2, 0.25) is 0 Å². The molecule has 0 spiro atoms. The second-order valence-electron chi connectivity index (χ2n) is 23.2. The van der Waals surface area contributed by atoms with Crippen LogP contribution in [-0.2, 0) is 115 Å². The van der Waals surface area contributed by atoms with Crippen molar-refractivity contribution < 1.29 is 66.5 Å². The molecule has 90 heavy (non-hydrogen) atoms. The quantitative estimate of drug-likeness (QED) is 0.0459. The predicted molar refractivity (Wildman–Crippen MR) is 335 cm³/mol. The number of hydrogen-bond acceptors (Lipinski definition) is 14. The van der Waals surface area contributed by atoms with E-state index in [0.717, 1.165) is 44.5 Å². The molecular formula is C75H79NO14. The second-order valence-corrected chi connectivity index (χ2v) is 23.2. The first-order valence-corrected chi connectivity index (χ1v) is 31.3. The van der Waals surface area contributed by atoms with Gasteiger partial charge in [0.05, 0.1) is 83.8 Å². The Morgan fingerprint density at radius 1 is 0.389 bits per heavy atom. The van der Waals surface area contributed by atoms with Crippen LogP contribution in [0.25, 0.3) is 0 Å². The van der Waals surface area contributed by atoms with E-state index in [1.807, 2.05) is 250 Å². The summed E-state index contributed by atoms with van der Waals surface area (Å²) in [5.74, 6) is -0.372. The van der Waals surface area contributed by atoms with Gasteiger partial charge in [-0.3, -0.25) is 4.84 Å². The summed E-state index contributed by atoms with van der Waals surface area (Å²) in [5.41, 5.74) is 7.59. The van der Waals surface area contributed by atoms with E-state index in [0.29, 0.717) is 19.6 Å². The molecule has 0 radical (unpaired) electrons. The molecule has 0 N–H and O–H groups in total. The van der Waals surface area contributed by atoms with Crippen LogP contribution in [0.15, 0.2) is 243 Å². The van der Waals surface area contributed by atoms with E-state index in [1.165, 1.54) is 5.06 Å². The standard InChI is InChI=1S/C75H79NO14/c1-53-66(80-45-56-30-14-4-15-31-56)69(81-46-57-32-16-5-17-33-57)71(83-48-59-36-20-7-21-37-59)73(87-53)90-68-65(52-78-43-54-26-10-2-11-27-54)88-74(72(84-49-60-38-22-8-23-39-60)70(68)82-47-58-34-18-6-19-35-58)89-67-62-51-86-76(75(77)85-50-61-40-24-9-25-41-61)63(62)42-64(67)79-44-55-28-12-3-13-29-55/h2-41,53,62-74H,42-52H2,1H3/t53-,62+,63+,64?,65-,66-,67-,68-,69+,70+,71-,72-,73+,74?/m1/s1. The minimum absolute atomic E-state index is 0.0272. The number of fused-ring (bicyclic) bond motifs is 1. The molecule has 468 valence electrons. The molecule has 1 amide bonds. The Balaban J connectivity index is 0.918. The third-order valence-electron chi connectivity index (χ3n) is 16.9. The summed E-state index contributed by atoms with van der Waals surface area (Å²) < 4.78 is 84.9. The monoisotopic (exact) mass is 1220 g/mol. The van der Waals surface area contributed by atoms with Crippen molar-refractivity contribution in [3.63, 3.8) is 0 Å². The Hall–Kier alpha value is -7.45. The zero-order valence-electron chi connectivity index (χ0n) is 50.6. The lowest BCUT2D eigenvalue weighted by atomic mass is 9.95. The fourth-order valence-electron chi connectivity index (χ4n) is 12.2. The fourth-order valence-corrected chi connectivity index (χ4v) is 12.2. The van der Waals surface area contributed by atoms with Crippen LogP contribution in [0, 0.1) is 5.92 Å². The summed E-state index contributed by atoms with van der Waals surface area (Å²) in [6, 6.07) is 79.2. The van der Waals surface area contributed by atoms with Gasteiger partial charge in [0, 0.05) is 5.92 Å². The zero-order chi connectivity index (χ0) is 61.1. The summed E-state index contributed by atoms with van der Waals surface area (Å²) in [6.45, 7) is 3.90.